The highest BCUT2D eigenvalue weighted by molar-refractivity contribution is 5.99. The molecule has 4 rings (SSSR count). The molecule has 0 saturated carbocycles. The number of hydrogen-bond donors (Lipinski definition) is 2. The van der Waals surface area contributed by atoms with Crippen LogP contribution in [0, 0.1) is 5.41 Å². The summed E-state index contributed by atoms with van der Waals surface area (Å²) in [6.45, 7) is 3.00. The lowest BCUT2D eigenvalue weighted by Crippen LogP contribution is -2.41. The van der Waals surface area contributed by atoms with Gasteiger partial charge in [0, 0.05) is 17.7 Å². The van der Waals surface area contributed by atoms with Crippen molar-refractivity contribution in [2.45, 2.75) is 26.4 Å². The Labute approximate surface area is 279 Å². The maximum Gasteiger partial charge on any atom is 0.343 e. The van der Waals surface area contributed by atoms with Crippen molar-refractivity contribution in [1.29, 1.82) is 5.41 Å². The first-order valence-corrected chi connectivity index (χ1v) is 15.3. The normalized spacial score (nSPS) is 11.6. The van der Waals surface area contributed by atoms with Gasteiger partial charge in [-0.25, -0.2) is 4.79 Å². The summed E-state index contributed by atoms with van der Waals surface area (Å²) in [7, 11) is 0. The van der Waals surface area contributed by atoms with Gasteiger partial charge in [0.2, 0.25) is 5.91 Å². The molecule has 0 aliphatic carbocycles. The summed E-state index contributed by atoms with van der Waals surface area (Å²) in [5, 5.41) is 7.48. The molecule has 0 radical (unpaired) electrons. The maximum absolute atomic E-state index is 13.9. The van der Waals surface area contributed by atoms with E-state index in [9.17, 15) is 19.2 Å². The summed E-state index contributed by atoms with van der Waals surface area (Å²) in [6, 6.07) is 30.9. The average molecular weight is 648 g/mol. The third-order valence-corrected chi connectivity index (χ3v) is 7.27. The molecule has 10 nitrogen and oxygen atoms in total. The molecule has 1 amide bonds. The second-order valence-electron chi connectivity index (χ2n) is 10.8. The lowest BCUT2D eigenvalue weighted by Gasteiger charge is -2.27. The Morgan fingerprint density at radius 2 is 1.42 bits per heavy atom. The van der Waals surface area contributed by atoms with Crippen molar-refractivity contribution in [1.82, 2.24) is 4.90 Å². The quantitative estimate of drug-likeness (QED) is 0.0598. The highest BCUT2D eigenvalue weighted by Crippen LogP contribution is 2.22. The molecule has 48 heavy (non-hydrogen) atoms. The van der Waals surface area contributed by atoms with Gasteiger partial charge in [-0.3, -0.25) is 19.8 Å². The predicted octanol–water partition coefficient (Wildman–Crippen LogP) is 5.51. The fraction of sp³-hybridized carbons (Fsp3) is 0.184. The van der Waals surface area contributed by atoms with E-state index >= 15 is 0 Å². The molecule has 0 heterocycles. The van der Waals surface area contributed by atoms with Crippen LogP contribution in [0.1, 0.15) is 52.4 Å². The second-order valence-corrected chi connectivity index (χ2v) is 10.8. The van der Waals surface area contributed by atoms with Crippen molar-refractivity contribution in [2.75, 3.05) is 19.7 Å². The second kappa shape index (κ2) is 17.0. The lowest BCUT2D eigenvalue weighted by molar-refractivity contribution is -0.152. The van der Waals surface area contributed by atoms with Gasteiger partial charge in [0.15, 0.2) is 0 Å². The summed E-state index contributed by atoms with van der Waals surface area (Å²) in [4.78, 5) is 53.9. The number of carbonyl (C=O) groups is 4. The predicted molar refractivity (Wildman–Crippen MR) is 181 cm³/mol. The van der Waals surface area contributed by atoms with Crippen LogP contribution in [0.4, 0.5) is 0 Å². The number of amides is 1. The fourth-order valence-corrected chi connectivity index (χ4v) is 4.77. The van der Waals surface area contributed by atoms with E-state index in [1.807, 2.05) is 36.4 Å². The van der Waals surface area contributed by atoms with Crippen LogP contribution in [0.3, 0.4) is 0 Å². The van der Waals surface area contributed by atoms with Crippen LogP contribution >= 0.6 is 0 Å². The first-order chi connectivity index (χ1) is 23.1. The number of esters is 3. The highest BCUT2D eigenvalue weighted by atomic mass is 16.5. The number of amidine groups is 1. The maximum atomic E-state index is 13.9. The topological polar surface area (TPSA) is 149 Å². The minimum absolute atomic E-state index is 0.0367. The van der Waals surface area contributed by atoms with E-state index in [2.05, 4.69) is 0 Å². The molecule has 3 N–H and O–H groups in total. The minimum Gasteiger partial charge on any atom is -0.465 e. The van der Waals surface area contributed by atoms with Gasteiger partial charge >= 0.3 is 17.9 Å². The molecule has 0 aliphatic rings. The van der Waals surface area contributed by atoms with E-state index in [1.54, 1.807) is 92.7 Å². The van der Waals surface area contributed by atoms with E-state index in [-0.39, 0.29) is 31.2 Å². The summed E-state index contributed by atoms with van der Waals surface area (Å²) in [5.74, 6) is -2.84. The van der Waals surface area contributed by atoms with Gasteiger partial charge < -0.3 is 24.8 Å². The first kappa shape index (κ1) is 34.8. The van der Waals surface area contributed by atoms with Crippen LogP contribution in [0.5, 0.6) is 5.75 Å². The molecule has 0 spiro atoms. The Morgan fingerprint density at radius 3 is 2.02 bits per heavy atom. The van der Waals surface area contributed by atoms with Crippen LogP contribution in [-0.4, -0.2) is 54.2 Å². The molecule has 10 heteroatoms. The van der Waals surface area contributed by atoms with Gasteiger partial charge in [-0.2, -0.15) is 0 Å². The molecule has 1 atom stereocenters. The summed E-state index contributed by atoms with van der Waals surface area (Å²) in [5.41, 5.74) is 8.63. The van der Waals surface area contributed by atoms with Crippen molar-refractivity contribution in [3.05, 3.63) is 143 Å². The van der Waals surface area contributed by atoms with Crippen LogP contribution in [-0.2, 0) is 30.5 Å². The Kier molecular flexibility index (Phi) is 12.4. The van der Waals surface area contributed by atoms with Crippen molar-refractivity contribution < 1.29 is 33.4 Å². The van der Waals surface area contributed by atoms with E-state index in [0.717, 1.165) is 5.56 Å². The van der Waals surface area contributed by atoms with Crippen molar-refractivity contribution >= 4 is 35.7 Å². The van der Waals surface area contributed by atoms with E-state index in [0.29, 0.717) is 28.0 Å². The molecule has 246 valence electrons. The number of ether oxygens (including phenoxy) is 3. The molecular formula is C38H37N3O7. The lowest BCUT2D eigenvalue weighted by atomic mass is 9.98. The Morgan fingerprint density at radius 1 is 0.812 bits per heavy atom. The SMILES string of the molecule is CCOC(=O)C(CN(CC(=O)OCc1ccccc1)C(=O)C(C)=Cc1ccc(C(=O)Oc2ccc(C(=N)N)cc2)cc1)c1ccccc1. The van der Waals surface area contributed by atoms with Crippen molar-refractivity contribution in [2.24, 2.45) is 5.73 Å². The average Bonchev–Trinajstić information content (AvgIpc) is 3.10. The van der Waals surface area contributed by atoms with E-state index in [1.165, 1.54) is 4.90 Å². The number of nitrogen functional groups attached to an aromatic ring is 1. The number of nitrogens with zero attached hydrogens (tertiary/aromatic N) is 1. The van der Waals surface area contributed by atoms with Gasteiger partial charge in [0.05, 0.1) is 18.1 Å². The minimum atomic E-state index is -0.839. The van der Waals surface area contributed by atoms with Gasteiger partial charge in [-0.05, 0) is 73.0 Å². The molecule has 0 aromatic heterocycles. The Bertz CT molecular complexity index is 1750. The third kappa shape index (κ3) is 9.98. The monoisotopic (exact) mass is 647 g/mol. The summed E-state index contributed by atoms with van der Waals surface area (Å²) >= 11 is 0. The summed E-state index contributed by atoms with van der Waals surface area (Å²) < 4.78 is 16.2. The number of nitrogens with one attached hydrogen (secondary N) is 1. The standard InChI is InChI=1S/C38H37N3O7/c1-3-46-38(45)33(29-12-8-5-9-13-29)23-41(24-34(42)47-25-28-10-6-4-7-11-28)36(43)26(2)22-27-14-16-31(17-15-27)37(44)48-32-20-18-30(19-21-32)35(39)40/h4-22,33H,3,23-25H2,1-2H3,(H3,39,40). The zero-order chi connectivity index (χ0) is 34.5. The molecule has 0 fully saturated rings. The largest absolute Gasteiger partial charge is 0.465 e. The number of nitrogens with two attached hydrogens (primary N) is 1. The van der Waals surface area contributed by atoms with Gasteiger partial charge in [0.25, 0.3) is 0 Å². The first-order valence-electron chi connectivity index (χ1n) is 15.3. The highest BCUT2D eigenvalue weighted by Gasteiger charge is 2.29. The number of benzene rings is 4. The van der Waals surface area contributed by atoms with Gasteiger partial charge in [-0.15, -0.1) is 0 Å². The van der Waals surface area contributed by atoms with E-state index < -0.39 is 36.3 Å². The Hall–Kier alpha value is -6.03. The number of carbonyl (C=O) groups excluding carboxylic acids is 4. The zero-order valence-corrected chi connectivity index (χ0v) is 26.8. The number of rotatable bonds is 14. The van der Waals surface area contributed by atoms with Crippen LogP contribution in [0.2, 0.25) is 0 Å². The smallest absolute Gasteiger partial charge is 0.343 e. The third-order valence-electron chi connectivity index (χ3n) is 7.27. The molecular weight excluding hydrogens is 610 g/mol. The van der Waals surface area contributed by atoms with Crippen LogP contribution < -0.4 is 10.5 Å². The summed E-state index contributed by atoms with van der Waals surface area (Å²) in [6.07, 6.45) is 1.63. The molecule has 4 aromatic rings. The zero-order valence-electron chi connectivity index (χ0n) is 26.8. The Balaban J connectivity index is 1.51. The number of hydrogen-bond acceptors (Lipinski definition) is 8. The van der Waals surface area contributed by atoms with Gasteiger partial charge in [0.1, 0.15) is 24.7 Å². The molecule has 0 aliphatic heterocycles. The molecule has 0 saturated heterocycles. The van der Waals surface area contributed by atoms with E-state index in [4.69, 9.17) is 25.4 Å². The molecule has 0 bridgehead atoms. The van der Waals surface area contributed by atoms with Crippen LogP contribution in [0.25, 0.3) is 6.08 Å². The van der Waals surface area contributed by atoms with Crippen molar-refractivity contribution in [3.8, 4) is 5.75 Å². The van der Waals surface area contributed by atoms with Gasteiger partial charge in [-0.1, -0.05) is 72.8 Å². The molecule has 1 unspecified atom stereocenters. The molecule has 4 aromatic carbocycles. The van der Waals surface area contributed by atoms with Crippen molar-refractivity contribution in [3.63, 3.8) is 0 Å². The van der Waals surface area contributed by atoms with Crippen LogP contribution in [0.15, 0.2) is 115 Å². The fourth-order valence-electron chi connectivity index (χ4n) is 4.77.